The molecule has 110 valence electrons. The summed E-state index contributed by atoms with van der Waals surface area (Å²) in [6, 6.07) is 8.63. The van der Waals surface area contributed by atoms with Crippen molar-refractivity contribution in [1.29, 1.82) is 0 Å². The standard InChI is InChI=1S/C16H18N2O3/c1-16(2,3)21-15(20)13-7-5-4-6-12(13)14-17-9-8-11(10-19)18-14/h4-9,19H,10H2,1-3H3. The molecule has 0 spiro atoms. The average Bonchev–Trinajstić information content (AvgIpc) is 2.45. The first kappa shape index (κ1) is 15.1. The summed E-state index contributed by atoms with van der Waals surface area (Å²) in [5.74, 6) is -0.0286. The maximum absolute atomic E-state index is 12.3. The van der Waals surface area contributed by atoms with E-state index in [-0.39, 0.29) is 6.61 Å². The Morgan fingerprint density at radius 3 is 2.62 bits per heavy atom. The Balaban J connectivity index is 2.43. The van der Waals surface area contributed by atoms with Crippen molar-refractivity contribution in [2.24, 2.45) is 0 Å². The van der Waals surface area contributed by atoms with Crippen LogP contribution in [0.2, 0.25) is 0 Å². The zero-order chi connectivity index (χ0) is 15.5. The van der Waals surface area contributed by atoms with Crippen LogP contribution in [0, 0.1) is 0 Å². The van der Waals surface area contributed by atoms with Crippen molar-refractivity contribution in [2.45, 2.75) is 33.0 Å². The number of hydrogen-bond donors (Lipinski definition) is 1. The van der Waals surface area contributed by atoms with Gasteiger partial charge in [0.15, 0.2) is 5.82 Å². The first-order chi connectivity index (χ1) is 9.90. The second-order valence-electron chi connectivity index (χ2n) is 5.58. The summed E-state index contributed by atoms with van der Waals surface area (Å²) in [6.07, 6.45) is 1.56. The SMILES string of the molecule is CC(C)(C)OC(=O)c1ccccc1-c1nccc(CO)n1. The minimum absolute atomic E-state index is 0.176. The van der Waals surface area contributed by atoms with Crippen molar-refractivity contribution >= 4 is 5.97 Å². The third-order valence-electron chi connectivity index (χ3n) is 2.66. The van der Waals surface area contributed by atoms with Gasteiger partial charge >= 0.3 is 5.97 Å². The molecule has 1 aromatic heterocycles. The molecule has 5 heteroatoms. The van der Waals surface area contributed by atoms with E-state index in [1.807, 2.05) is 20.8 Å². The quantitative estimate of drug-likeness (QED) is 0.878. The Morgan fingerprint density at radius 1 is 1.24 bits per heavy atom. The predicted octanol–water partition coefficient (Wildman–Crippen LogP) is 2.59. The van der Waals surface area contributed by atoms with E-state index in [9.17, 15) is 4.79 Å². The molecule has 0 saturated heterocycles. The Morgan fingerprint density at radius 2 is 1.95 bits per heavy atom. The van der Waals surface area contributed by atoms with Gasteiger partial charge in [-0.2, -0.15) is 0 Å². The number of ether oxygens (including phenoxy) is 1. The van der Waals surface area contributed by atoms with Crippen LogP contribution in [0.3, 0.4) is 0 Å². The van der Waals surface area contributed by atoms with Gasteiger partial charge < -0.3 is 9.84 Å². The number of aromatic nitrogens is 2. The van der Waals surface area contributed by atoms with E-state index < -0.39 is 11.6 Å². The van der Waals surface area contributed by atoms with Gasteiger partial charge in [-0.1, -0.05) is 18.2 Å². The molecule has 0 fully saturated rings. The Bertz CT molecular complexity index is 648. The number of aliphatic hydroxyl groups excluding tert-OH is 1. The lowest BCUT2D eigenvalue weighted by molar-refractivity contribution is 0.00704. The predicted molar refractivity (Wildman–Crippen MR) is 78.6 cm³/mol. The van der Waals surface area contributed by atoms with Crippen LogP contribution >= 0.6 is 0 Å². The van der Waals surface area contributed by atoms with Crippen LogP contribution in [0.25, 0.3) is 11.4 Å². The lowest BCUT2D eigenvalue weighted by Crippen LogP contribution is -2.24. The fraction of sp³-hybridized carbons (Fsp3) is 0.312. The molecular formula is C16H18N2O3. The highest BCUT2D eigenvalue weighted by Crippen LogP contribution is 2.22. The van der Waals surface area contributed by atoms with Gasteiger partial charge in [-0.15, -0.1) is 0 Å². The fourth-order valence-corrected chi connectivity index (χ4v) is 1.80. The van der Waals surface area contributed by atoms with E-state index in [1.165, 1.54) is 0 Å². The molecule has 0 bridgehead atoms. The second-order valence-corrected chi connectivity index (χ2v) is 5.58. The van der Waals surface area contributed by atoms with Crippen molar-refractivity contribution in [3.63, 3.8) is 0 Å². The molecule has 0 amide bonds. The summed E-state index contributed by atoms with van der Waals surface area (Å²) in [5.41, 5.74) is 0.918. The molecule has 0 saturated carbocycles. The van der Waals surface area contributed by atoms with Gasteiger partial charge in [0.1, 0.15) is 5.60 Å². The fourth-order valence-electron chi connectivity index (χ4n) is 1.80. The van der Waals surface area contributed by atoms with Gasteiger partial charge in [-0.3, -0.25) is 0 Å². The maximum Gasteiger partial charge on any atom is 0.339 e. The van der Waals surface area contributed by atoms with Crippen LogP contribution in [-0.4, -0.2) is 26.6 Å². The summed E-state index contributed by atoms with van der Waals surface area (Å²) in [6.45, 7) is 5.27. The molecule has 1 N–H and O–H groups in total. The van der Waals surface area contributed by atoms with Crippen molar-refractivity contribution in [2.75, 3.05) is 0 Å². The maximum atomic E-state index is 12.3. The third-order valence-corrected chi connectivity index (χ3v) is 2.66. The van der Waals surface area contributed by atoms with Crippen molar-refractivity contribution in [1.82, 2.24) is 9.97 Å². The molecule has 0 radical (unpaired) electrons. The summed E-state index contributed by atoms with van der Waals surface area (Å²) >= 11 is 0. The molecule has 2 rings (SSSR count). The highest BCUT2D eigenvalue weighted by atomic mass is 16.6. The van der Waals surface area contributed by atoms with E-state index in [0.29, 0.717) is 22.6 Å². The largest absolute Gasteiger partial charge is 0.456 e. The zero-order valence-electron chi connectivity index (χ0n) is 12.3. The average molecular weight is 286 g/mol. The topological polar surface area (TPSA) is 72.3 Å². The monoisotopic (exact) mass is 286 g/mol. The molecule has 0 aliphatic carbocycles. The van der Waals surface area contributed by atoms with Crippen LogP contribution in [0.5, 0.6) is 0 Å². The number of carbonyl (C=O) groups is 1. The number of benzene rings is 1. The third kappa shape index (κ3) is 3.86. The van der Waals surface area contributed by atoms with E-state index in [1.54, 1.807) is 36.5 Å². The van der Waals surface area contributed by atoms with Crippen LogP contribution in [-0.2, 0) is 11.3 Å². The van der Waals surface area contributed by atoms with Gasteiger partial charge in [0.2, 0.25) is 0 Å². The summed E-state index contributed by atoms with van der Waals surface area (Å²) in [4.78, 5) is 20.7. The molecule has 0 unspecified atom stereocenters. The summed E-state index contributed by atoms with van der Waals surface area (Å²) < 4.78 is 5.40. The molecule has 0 atom stereocenters. The molecular weight excluding hydrogens is 268 g/mol. The van der Waals surface area contributed by atoms with E-state index in [2.05, 4.69) is 9.97 Å². The van der Waals surface area contributed by atoms with Crippen molar-refractivity contribution in [3.05, 3.63) is 47.8 Å². The Hall–Kier alpha value is -2.27. The van der Waals surface area contributed by atoms with Crippen LogP contribution in [0.4, 0.5) is 0 Å². The first-order valence-electron chi connectivity index (χ1n) is 6.66. The number of aliphatic hydroxyl groups is 1. The van der Waals surface area contributed by atoms with Gasteiger partial charge in [0.25, 0.3) is 0 Å². The molecule has 0 aliphatic heterocycles. The summed E-state index contributed by atoms with van der Waals surface area (Å²) in [5, 5.41) is 9.16. The Labute approximate surface area is 123 Å². The van der Waals surface area contributed by atoms with E-state index >= 15 is 0 Å². The number of rotatable bonds is 3. The molecule has 2 aromatic rings. The number of hydrogen-bond acceptors (Lipinski definition) is 5. The zero-order valence-corrected chi connectivity index (χ0v) is 12.3. The number of esters is 1. The van der Waals surface area contributed by atoms with Crippen LogP contribution in [0.1, 0.15) is 36.8 Å². The Kier molecular flexibility index (Phi) is 4.33. The highest BCUT2D eigenvalue weighted by molar-refractivity contribution is 5.96. The molecule has 5 nitrogen and oxygen atoms in total. The highest BCUT2D eigenvalue weighted by Gasteiger charge is 2.21. The first-order valence-corrected chi connectivity index (χ1v) is 6.66. The van der Waals surface area contributed by atoms with Crippen LogP contribution < -0.4 is 0 Å². The van der Waals surface area contributed by atoms with Crippen molar-refractivity contribution in [3.8, 4) is 11.4 Å². The number of nitrogens with zero attached hydrogens (tertiary/aromatic N) is 2. The minimum atomic E-state index is -0.571. The van der Waals surface area contributed by atoms with E-state index in [4.69, 9.17) is 9.84 Å². The smallest absolute Gasteiger partial charge is 0.339 e. The van der Waals surface area contributed by atoms with Crippen molar-refractivity contribution < 1.29 is 14.6 Å². The van der Waals surface area contributed by atoms with Crippen LogP contribution in [0.15, 0.2) is 36.5 Å². The van der Waals surface area contributed by atoms with E-state index in [0.717, 1.165) is 0 Å². The lowest BCUT2D eigenvalue weighted by Gasteiger charge is -2.20. The van der Waals surface area contributed by atoms with Gasteiger partial charge in [0.05, 0.1) is 17.9 Å². The normalized spacial score (nSPS) is 11.2. The molecule has 21 heavy (non-hydrogen) atoms. The number of carbonyl (C=O) groups excluding carboxylic acids is 1. The molecule has 0 aliphatic rings. The van der Waals surface area contributed by atoms with Gasteiger partial charge in [-0.05, 0) is 32.9 Å². The molecule has 1 heterocycles. The van der Waals surface area contributed by atoms with Gasteiger partial charge in [-0.25, -0.2) is 14.8 Å². The van der Waals surface area contributed by atoms with Gasteiger partial charge in [0, 0.05) is 11.8 Å². The molecule has 1 aromatic carbocycles. The lowest BCUT2D eigenvalue weighted by atomic mass is 10.1. The second kappa shape index (κ2) is 6.01. The minimum Gasteiger partial charge on any atom is -0.456 e. The summed E-state index contributed by atoms with van der Waals surface area (Å²) in [7, 11) is 0.